The van der Waals surface area contributed by atoms with Crippen LogP contribution < -0.4 is 10.1 Å². The van der Waals surface area contributed by atoms with Crippen LogP contribution in [0.2, 0.25) is 0 Å². The number of likely N-dealkylation sites (tertiary alicyclic amines) is 1. The fraction of sp³-hybridized carbons (Fsp3) is 0.368. The van der Waals surface area contributed by atoms with Crippen LogP contribution in [0.1, 0.15) is 24.0 Å². The highest BCUT2D eigenvalue weighted by atomic mass is 19.1. The van der Waals surface area contributed by atoms with Gasteiger partial charge in [0.15, 0.2) is 0 Å². The summed E-state index contributed by atoms with van der Waals surface area (Å²) in [6.45, 7) is 2.43. The molecular formula is C19H21F2N3O2. The van der Waals surface area contributed by atoms with Crippen molar-refractivity contribution in [3.05, 3.63) is 59.4 Å². The first-order valence-corrected chi connectivity index (χ1v) is 8.57. The van der Waals surface area contributed by atoms with Gasteiger partial charge in [0, 0.05) is 37.7 Å². The number of hydrogen-bond donors (Lipinski definition) is 1. The lowest BCUT2D eigenvalue weighted by molar-refractivity contribution is 0.110. The van der Waals surface area contributed by atoms with Crippen LogP contribution in [-0.4, -0.2) is 35.1 Å². The normalized spacial score (nSPS) is 15.0. The van der Waals surface area contributed by atoms with Gasteiger partial charge in [-0.05, 0) is 30.7 Å². The third kappa shape index (κ3) is 4.28. The van der Waals surface area contributed by atoms with E-state index in [2.05, 4.69) is 10.3 Å². The predicted molar refractivity (Wildman–Crippen MR) is 92.8 cm³/mol. The molecule has 1 fully saturated rings. The summed E-state index contributed by atoms with van der Waals surface area (Å²) in [5.41, 5.74) is 0.233. The number of halogens is 2. The van der Waals surface area contributed by atoms with Gasteiger partial charge in [0.05, 0.1) is 12.7 Å². The van der Waals surface area contributed by atoms with Crippen molar-refractivity contribution in [3.63, 3.8) is 0 Å². The molecule has 1 N–H and O–H groups in total. The quantitative estimate of drug-likeness (QED) is 0.908. The van der Waals surface area contributed by atoms with Crippen molar-refractivity contribution in [3.8, 4) is 5.75 Å². The number of nitrogens with zero attached hydrogens (tertiary/aromatic N) is 2. The summed E-state index contributed by atoms with van der Waals surface area (Å²) in [5, 5.41) is 2.60. The molecule has 0 aliphatic carbocycles. The Labute approximate surface area is 151 Å². The molecule has 1 aromatic carbocycles. The van der Waals surface area contributed by atoms with Crippen LogP contribution in [-0.2, 0) is 6.54 Å². The van der Waals surface area contributed by atoms with E-state index in [4.69, 9.17) is 4.74 Å². The van der Waals surface area contributed by atoms with Crippen molar-refractivity contribution in [2.75, 3.05) is 13.1 Å². The molecule has 5 nitrogen and oxygen atoms in total. The molecule has 3 rings (SSSR count). The van der Waals surface area contributed by atoms with Crippen molar-refractivity contribution in [1.29, 1.82) is 0 Å². The third-order valence-corrected chi connectivity index (χ3v) is 4.46. The Morgan fingerprint density at radius 1 is 1.31 bits per heavy atom. The van der Waals surface area contributed by atoms with Crippen LogP contribution in [0.5, 0.6) is 5.75 Å². The third-order valence-electron chi connectivity index (χ3n) is 4.46. The molecule has 138 valence electrons. The number of piperidine rings is 1. The highest BCUT2D eigenvalue weighted by Crippen LogP contribution is 2.19. The summed E-state index contributed by atoms with van der Waals surface area (Å²) >= 11 is 0. The summed E-state index contributed by atoms with van der Waals surface area (Å²) in [4.78, 5) is 17.9. The minimum absolute atomic E-state index is 0.0231. The molecule has 0 saturated carbocycles. The highest BCUT2D eigenvalue weighted by molar-refractivity contribution is 5.74. The summed E-state index contributed by atoms with van der Waals surface area (Å²) in [7, 11) is 0. The van der Waals surface area contributed by atoms with Crippen LogP contribution in [0, 0.1) is 18.6 Å². The first kappa shape index (κ1) is 18.1. The maximum atomic E-state index is 14.0. The van der Waals surface area contributed by atoms with Gasteiger partial charge in [0.25, 0.3) is 0 Å². The second-order valence-electron chi connectivity index (χ2n) is 6.31. The smallest absolute Gasteiger partial charge is 0.317 e. The monoisotopic (exact) mass is 361 g/mol. The topological polar surface area (TPSA) is 54.5 Å². The number of hydrogen-bond acceptors (Lipinski definition) is 3. The number of carbonyl (C=O) groups is 1. The fourth-order valence-electron chi connectivity index (χ4n) is 2.94. The number of pyridine rings is 1. The molecule has 2 aromatic rings. The van der Waals surface area contributed by atoms with Gasteiger partial charge in [0.1, 0.15) is 23.5 Å². The average Bonchev–Trinajstić information content (AvgIpc) is 2.66. The Morgan fingerprint density at radius 3 is 2.77 bits per heavy atom. The maximum Gasteiger partial charge on any atom is 0.317 e. The van der Waals surface area contributed by atoms with Gasteiger partial charge < -0.3 is 15.0 Å². The van der Waals surface area contributed by atoms with Gasteiger partial charge in [-0.2, -0.15) is 0 Å². The number of ether oxygens (including phenoxy) is 1. The number of urea groups is 1. The van der Waals surface area contributed by atoms with Crippen LogP contribution in [0.4, 0.5) is 13.6 Å². The van der Waals surface area contributed by atoms with E-state index in [-0.39, 0.29) is 24.2 Å². The summed E-state index contributed by atoms with van der Waals surface area (Å²) in [6.07, 6.45) is 4.74. The molecule has 1 saturated heterocycles. The van der Waals surface area contributed by atoms with E-state index in [9.17, 15) is 13.6 Å². The van der Waals surface area contributed by atoms with Crippen LogP contribution in [0.25, 0.3) is 0 Å². The number of carbonyl (C=O) groups excluding carboxylic acids is 1. The molecule has 0 atom stereocenters. The molecule has 1 aliphatic heterocycles. The number of aromatic nitrogens is 1. The zero-order valence-electron chi connectivity index (χ0n) is 14.5. The minimum Gasteiger partial charge on any atom is -0.489 e. The van der Waals surface area contributed by atoms with E-state index in [0.717, 1.165) is 0 Å². The Kier molecular flexibility index (Phi) is 5.65. The molecule has 7 heteroatoms. The summed E-state index contributed by atoms with van der Waals surface area (Å²) in [5.74, 6) is -0.563. The second-order valence-corrected chi connectivity index (χ2v) is 6.31. The lowest BCUT2D eigenvalue weighted by Crippen LogP contribution is -2.46. The lowest BCUT2D eigenvalue weighted by Gasteiger charge is -2.32. The Bertz CT molecular complexity index is 763. The number of nitrogens with one attached hydrogen (secondary N) is 1. The zero-order valence-corrected chi connectivity index (χ0v) is 14.5. The lowest BCUT2D eigenvalue weighted by atomic mass is 10.1. The highest BCUT2D eigenvalue weighted by Gasteiger charge is 2.24. The van der Waals surface area contributed by atoms with Gasteiger partial charge in [-0.3, -0.25) is 4.98 Å². The van der Waals surface area contributed by atoms with Gasteiger partial charge in [-0.25, -0.2) is 13.6 Å². The van der Waals surface area contributed by atoms with E-state index in [1.54, 1.807) is 24.2 Å². The Hall–Kier alpha value is -2.70. The van der Waals surface area contributed by atoms with Crippen LogP contribution in [0.15, 0.2) is 36.7 Å². The van der Waals surface area contributed by atoms with Crippen molar-refractivity contribution >= 4 is 6.03 Å². The zero-order chi connectivity index (χ0) is 18.5. The molecule has 26 heavy (non-hydrogen) atoms. The Balaban J connectivity index is 1.49. The SMILES string of the molecule is Cc1ccc(F)c(CNC(=O)N2CCC(Oc3cccnc3)CC2)c1F. The van der Waals surface area contributed by atoms with E-state index in [1.165, 1.54) is 12.1 Å². The van der Waals surface area contributed by atoms with Crippen molar-refractivity contribution < 1.29 is 18.3 Å². The van der Waals surface area contributed by atoms with E-state index in [0.29, 0.717) is 37.2 Å². The number of aryl methyl sites for hydroxylation is 1. The molecule has 0 unspecified atom stereocenters. The molecule has 0 radical (unpaired) electrons. The van der Waals surface area contributed by atoms with E-state index >= 15 is 0 Å². The first-order chi connectivity index (χ1) is 12.5. The standard InChI is InChI=1S/C19H21F2N3O2/c1-13-4-5-17(20)16(18(13)21)12-23-19(25)24-9-6-14(7-10-24)26-15-3-2-8-22-11-15/h2-5,8,11,14H,6-7,9-10,12H2,1H3,(H,23,25). The van der Waals surface area contributed by atoms with Crippen molar-refractivity contribution in [1.82, 2.24) is 15.2 Å². The Morgan fingerprint density at radius 2 is 2.08 bits per heavy atom. The average molecular weight is 361 g/mol. The minimum atomic E-state index is -0.656. The number of rotatable bonds is 4. The molecular weight excluding hydrogens is 340 g/mol. The van der Waals surface area contributed by atoms with Gasteiger partial charge in [0.2, 0.25) is 0 Å². The molecule has 0 bridgehead atoms. The predicted octanol–water partition coefficient (Wildman–Crippen LogP) is 3.42. The van der Waals surface area contributed by atoms with Crippen molar-refractivity contribution in [2.24, 2.45) is 0 Å². The molecule has 1 aromatic heterocycles. The summed E-state index contributed by atoms with van der Waals surface area (Å²) in [6, 6.07) is 5.91. The van der Waals surface area contributed by atoms with Crippen LogP contribution in [0.3, 0.4) is 0 Å². The number of amides is 2. The molecule has 1 aliphatic rings. The summed E-state index contributed by atoms with van der Waals surface area (Å²) < 4.78 is 33.6. The van der Waals surface area contributed by atoms with E-state index in [1.807, 2.05) is 12.1 Å². The fourth-order valence-corrected chi connectivity index (χ4v) is 2.94. The van der Waals surface area contributed by atoms with E-state index < -0.39 is 11.6 Å². The largest absolute Gasteiger partial charge is 0.489 e. The maximum absolute atomic E-state index is 14.0. The number of benzene rings is 1. The van der Waals surface area contributed by atoms with Gasteiger partial charge in [-0.15, -0.1) is 0 Å². The molecule has 2 amide bonds. The molecule has 0 spiro atoms. The van der Waals surface area contributed by atoms with Crippen LogP contribution >= 0.6 is 0 Å². The first-order valence-electron chi connectivity index (χ1n) is 8.57. The molecule has 2 heterocycles. The van der Waals surface area contributed by atoms with Gasteiger partial charge in [-0.1, -0.05) is 6.07 Å². The van der Waals surface area contributed by atoms with Crippen molar-refractivity contribution in [2.45, 2.75) is 32.4 Å². The second kappa shape index (κ2) is 8.12. The van der Waals surface area contributed by atoms with Gasteiger partial charge >= 0.3 is 6.03 Å².